The summed E-state index contributed by atoms with van der Waals surface area (Å²) < 4.78 is 0.825. The zero-order chi connectivity index (χ0) is 15.5. The van der Waals surface area contributed by atoms with Gasteiger partial charge in [0.2, 0.25) is 0 Å². The highest BCUT2D eigenvalue weighted by Crippen LogP contribution is 2.42. The van der Waals surface area contributed by atoms with Crippen molar-refractivity contribution in [2.24, 2.45) is 5.92 Å². The number of piperidine rings is 1. The molecule has 3 rings (SSSR count). The Kier molecular flexibility index (Phi) is 4.74. The summed E-state index contributed by atoms with van der Waals surface area (Å²) in [4.78, 5) is 27.2. The monoisotopic (exact) mass is 331 g/mol. The van der Waals surface area contributed by atoms with Crippen molar-refractivity contribution in [1.82, 2.24) is 4.90 Å². The van der Waals surface area contributed by atoms with Crippen LogP contribution in [0.5, 0.6) is 0 Å². The molecule has 0 saturated carbocycles. The lowest BCUT2D eigenvalue weighted by Crippen LogP contribution is -2.46. The van der Waals surface area contributed by atoms with Gasteiger partial charge in [-0.05, 0) is 22.8 Å². The van der Waals surface area contributed by atoms with Crippen molar-refractivity contribution in [2.75, 3.05) is 6.54 Å². The van der Waals surface area contributed by atoms with E-state index in [2.05, 4.69) is 0 Å². The number of carbonyl (C=O) groups excluding carboxylic acids is 2. The molecule has 2 aliphatic heterocycles. The fraction of sp³-hybridized carbons (Fsp3) is 0.294. The molecule has 0 N–H and O–H groups in total. The predicted molar refractivity (Wildman–Crippen MR) is 92.0 cm³/mol. The number of likely N-dealkylation sites (tertiary alicyclic amines) is 1. The summed E-state index contributed by atoms with van der Waals surface area (Å²) in [5, 5.41) is 3.84. The molecule has 0 spiro atoms. The maximum Gasteiger partial charge on any atom is 0.259 e. The standard InChI is InChI=1S/C17H17NO2S2/c1-2-13-11-18(10-12-6-4-3-5-7-12)16(20)14(15(13)19)17-21-8-9-22-17/h3-9,13H,2,10-11H2,1H3. The minimum Gasteiger partial charge on any atom is -0.333 e. The number of nitrogens with zero attached hydrogens (tertiary/aromatic N) is 1. The number of hydrogen-bond donors (Lipinski definition) is 0. The second kappa shape index (κ2) is 6.75. The Morgan fingerprint density at radius 2 is 1.82 bits per heavy atom. The average Bonchev–Trinajstić information content (AvgIpc) is 3.05. The molecular weight excluding hydrogens is 314 g/mol. The molecule has 2 heterocycles. The maximum atomic E-state index is 12.8. The topological polar surface area (TPSA) is 37.4 Å². The van der Waals surface area contributed by atoms with Gasteiger partial charge in [0.25, 0.3) is 5.91 Å². The Morgan fingerprint density at radius 3 is 2.45 bits per heavy atom. The van der Waals surface area contributed by atoms with Crippen LogP contribution >= 0.6 is 23.5 Å². The van der Waals surface area contributed by atoms with Gasteiger partial charge in [0.1, 0.15) is 5.57 Å². The number of ketones is 1. The van der Waals surface area contributed by atoms with Gasteiger partial charge in [0.15, 0.2) is 5.78 Å². The molecule has 1 fully saturated rings. The van der Waals surface area contributed by atoms with E-state index in [1.165, 1.54) is 23.5 Å². The van der Waals surface area contributed by atoms with Crippen LogP contribution in [0.3, 0.4) is 0 Å². The van der Waals surface area contributed by atoms with Gasteiger partial charge in [-0.2, -0.15) is 0 Å². The number of benzene rings is 1. The molecule has 1 atom stereocenters. The summed E-state index contributed by atoms with van der Waals surface area (Å²) in [5.74, 6) is -0.210. The van der Waals surface area contributed by atoms with E-state index in [1.54, 1.807) is 0 Å². The second-order valence-electron chi connectivity index (χ2n) is 5.31. The lowest BCUT2D eigenvalue weighted by Gasteiger charge is -2.33. The van der Waals surface area contributed by atoms with E-state index in [9.17, 15) is 9.59 Å². The van der Waals surface area contributed by atoms with Gasteiger partial charge in [0, 0.05) is 19.0 Å². The summed E-state index contributed by atoms with van der Waals surface area (Å²) >= 11 is 2.94. The highest BCUT2D eigenvalue weighted by molar-refractivity contribution is 8.27. The molecule has 0 radical (unpaired) electrons. The van der Waals surface area contributed by atoms with Crippen molar-refractivity contribution in [3.05, 3.63) is 56.5 Å². The molecule has 1 amide bonds. The molecule has 5 heteroatoms. The van der Waals surface area contributed by atoms with Crippen LogP contribution in [0.25, 0.3) is 0 Å². The first kappa shape index (κ1) is 15.4. The van der Waals surface area contributed by atoms with Crippen LogP contribution in [0, 0.1) is 5.92 Å². The van der Waals surface area contributed by atoms with Crippen LogP contribution < -0.4 is 0 Å². The fourth-order valence-electron chi connectivity index (χ4n) is 2.67. The normalized spacial score (nSPS) is 21.9. The predicted octanol–water partition coefficient (Wildman–Crippen LogP) is 3.79. The molecule has 1 unspecified atom stereocenters. The van der Waals surface area contributed by atoms with Crippen LogP contribution in [0.2, 0.25) is 0 Å². The van der Waals surface area contributed by atoms with Crippen LogP contribution in [0.4, 0.5) is 0 Å². The van der Waals surface area contributed by atoms with Gasteiger partial charge in [-0.15, -0.1) is 0 Å². The van der Waals surface area contributed by atoms with Gasteiger partial charge in [-0.3, -0.25) is 9.59 Å². The number of thioether (sulfide) groups is 2. The molecule has 2 aliphatic rings. The zero-order valence-corrected chi connectivity index (χ0v) is 14.0. The number of hydrogen-bond acceptors (Lipinski definition) is 4. The largest absolute Gasteiger partial charge is 0.333 e. The summed E-state index contributed by atoms with van der Waals surface area (Å²) in [7, 11) is 0. The Bertz CT molecular complexity index is 642. The van der Waals surface area contributed by atoms with Gasteiger partial charge in [-0.25, -0.2) is 0 Å². The Hall–Kier alpha value is -1.46. The Balaban J connectivity index is 1.89. The van der Waals surface area contributed by atoms with Gasteiger partial charge >= 0.3 is 0 Å². The van der Waals surface area contributed by atoms with Crippen LogP contribution in [0.1, 0.15) is 18.9 Å². The van der Waals surface area contributed by atoms with Crippen LogP contribution in [0.15, 0.2) is 51.0 Å². The van der Waals surface area contributed by atoms with Crippen molar-refractivity contribution < 1.29 is 9.59 Å². The maximum absolute atomic E-state index is 12.8. The van der Waals surface area contributed by atoms with Gasteiger partial charge in [0.05, 0.1) is 4.24 Å². The number of amides is 1. The van der Waals surface area contributed by atoms with E-state index >= 15 is 0 Å². The molecule has 0 aliphatic carbocycles. The van der Waals surface area contributed by atoms with E-state index in [0.717, 1.165) is 16.2 Å². The third-order valence-electron chi connectivity index (χ3n) is 3.88. The van der Waals surface area contributed by atoms with Crippen molar-refractivity contribution in [1.29, 1.82) is 0 Å². The van der Waals surface area contributed by atoms with Crippen molar-refractivity contribution >= 4 is 35.2 Å². The highest BCUT2D eigenvalue weighted by atomic mass is 32.2. The average molecular weight is 331 g/mol. The third-order valence-corrected chi connectivity index (χ3v) is 6.01. The first-order valence-corrected chi connectivity index (χ1v) is 9.06. The number of rotatable bonds is 3. The summed E-state index contributed by atoms with van der Waals surface area (Å²) in [5.41, 5.74) is 1.48. The van der Waals surface area contributed by atoms with Crippen molar-refractivity contribution in [3.63, 3.8) is 0 Å². The van der Waals surface area contributed by atoms with E-state index in [1.807, 2.05) is 53.0 Å². The molecule has 1 saturated heterocycles. The lowest BCUT2D eigenvalue weighted by molar-refractivity contribution is -0.136. The first-order chi connectivity index (χ1) is 10.7. The van der Waals surface area contributed by atoms with E-state index in [0.29, 0.717) is 18.7 Å². The van der Waals surface area contributed by atoms with Crippen molar-refractivity contribution in [2.45, 2.75) is 19.9 Å². The molecular formula is C17H17NO2S2. The Morgan fingerprint density at radius 1 is 1.14 bits per heavy atom. The third kappa shape index (κ3) is 3.01. The fourth-order valence-corrected chi connectivity index (χ4v) is 4.53. The zero-order valence-electron chi connectivity index (χ0n) is 12.3. The van der Waals surface area contributed by atoms with Crippen LogP contribution in [-0.4, -0.2) is 23.1 Å². The van der Waals surface area contributed by atoms with Gasteiger partial charge in [-0.1, -0.05) is 60.8 Å². The molecule has 1 aromatic carbocycles. The van der Waals surface area contributed by atoms with Crippen molar-refractivity contribution in [3.8, 4) is 0 Å². The molecule has 22 heavy (non-hydrogen) atoms. The molecule has 1 aromatic rings. The minimum atomic E-state index is -0.128. The van der Waals surface area contributed by atoms with Crippen LogP contribution in [-0.2, 0) is 16.1 Å². The molecule has 114 valence electrons. The quantitative estimate of drug-likeness (QED) is 0.624. The van der Waals surface area contributed by atoms with Gasteiger partial charge < -0.3 is 4.90 Å². The summed E-state index contributed by atoms with van der Waals surface area (Å²) in [6, 6.07) is 9.93. The molecule has 0 bridgehead atoms. The minimum absolute atomic E-state index is 0.00973. The lowest BCUT2D eigenvalue weighted by atomic mass is 9.90. The number of carbonyl (C=O) groups is 2. The molecule has 0 aromatic heterocycles. The molecule has 3 nitrogen and oxygen atoms in total. The summed E-state index contributed by atoms with van der Waals surface area (Å²) in [6.45, 7) is 3.08. The first-order valence-electron chi connectivity index (χ1n) is 7.30. The van der Waals surface area contributed by atoms with E-state index in [-0.39, 0.29) is 17.6 Å². The highest BCUT2D eigenvalue weighted by Gasteiger charge is 2.38. The smallest absolute Gasteiger partial charge is 0.259 e. The van der Waals surface area contributed by atoms with E-state index in [4.69, 9.17) is 0 Å². The number of Topliss-reactive ketones (excluding diaryl/α,β-unsaturated/α-hetero) is 1. The summed E-state index contributed by atoms with van der Waals surface area (Å²) in [6.07, 6.45) is 0.761. The van der Waals surface area contributed by atoms with E-state index < -0.39 is 0 Å². The second-order valence-corrected chi connectivity index (χ2v) is 7.40. The SMILES string of the molecule is CCC1CN(Cc2ccccc2)C(=O)C(=C2SC=CS2)C1=O. The Labute approximate surface area is 138 Å².